The van der Waals surface area contributed by atoms with Crippen molar-refractivity contribution in [3.63, 3.8) is 0 Å². The number of amides is 1. The molecule has 1 aromatic carbocycles. The maximum atomic E-state index is 11.3. The van der Waals surface area contributed by atoms with Gasteiger partial charge in [-0.25, -0.2) is 0 Å². The minimum atomic E-state index is 0.175. The Kier molecular flexibility index (Phi) is 3.65. The van der Waals surface area contributed by atoms with E-state index in [0.29, 0.717) is 0 Å². The number of hydrogen-bond donors (Lipinski definition) is 0. The van der Waals surface area contributed by atoms with Crippen LogP contribution in [0, 0.1) is 0 Å². The summed E-state index contributed by atoms with van der Waals surface area (Å²) >= 11 is 0. The second-order valence-electron chi connectivity index (χ2n) is 5.28. The molecule has 4 nitrogen and oxygen atoms in total. The lowest BCUT2D eigenvalue weighted by molar-refractivity contribution is -0.130. The first kappa shape index (κ1) is 13.1. The zero-order valence-corrected chi connectivity index (χ0v) is 11.7. The third-order valence-electron chi connectivity index (χ3n) is 3.86. The zero-order chi connectivity index (χ0) is 13.9. The minimum Gasteiger partial charge on any atom is -0.340 e. The van der Waals surface area contributed by atoms with Gasteiger partial charge in [0.05, 0.1) is 11.2 Å². The van der Waals surface area contributed by atoms with Gasteiger partial charge < -0.3 is 4.90 Å². The van der Waals surface area contributed by atoms with Crippen molar-refractivity contribution < 1.29 is 4.79 Å². The summed E-state index contributed by atoms with van der Waals surface area (Å²) in [6.07, 6.45) is 0. The molecule has 1 saturated heterocycles. The van der Waals surface area contributed by atoms with Crippen molar-refractivity contribution in [2.45, 2.75) is 13.5 Å². The number of carbonyl (C=O) groups excluding carboxylic acids is 1. The summed E-state index contributed by atoms with van der Waals surface area (Å²) < 4.78 is 0. The average Bonchev–Trinajstić information content (AvgIpc) is 2.48. The van der Waals surface area contributed by atoms with Crippen LogP contribution in [0.5, 0.6) is 0 Å². The highest BCUT2D eigenvalue weighted by atomic mass is 16.2. The van der Waals surface area contributed by atoms with Gasteiger partial charge in [-0.15, -0.1) is 0 Å². The molecule has 1 amide bonds. The quantitative estimate of drug-likeness (QED) is 0.835. The number of hydrogen-bond acceptors (Lipinski definition) is 3. The number of para-hydroxylation sites is 1. The van der Waals surface area contributed by atoms with Crippen LogP contribution >= 0.6 is 0 Å². The molecule has 0 unspecified atom stereocenters. The van der Waals surface area contributed by atoms with Crippen LogP contribution in [0.4, 0.5) is 0 Å². The normalized spacial score (nSPS) is 16.6. The largest absolute Gasteiger partial charge is 0.340 e. The summed E-state index contributed by atoms with van der Waals surface area (Å²) in [4.78, 5) is 20.3. The molecular formula is C16H19N3O. The third-order valence-corrected chi connectivity index (χ3v) is 3.86. The molecule has 0 saturated carbocycles. The Bertz CT molecular complexity index is 618. The molecule has 3 rings (SSSR count). The highest BCUT2D eigenvalue weighted by Gasteiger charge is 2.18. The number of nitrogens with zero attached hydrogens (tertiary/aromatic N) is 3. The second-order valence-corrected chi connectivity index (χ2v) is 5.28. The van der Waals surface area contributed by atoms with Crippen molar-refractivity contribution in [2.75, 3.05) is 26.2 Å². The molecule has 0 spiro atoms. The Morgan fingerprint density at radius 2 is 1.85 bits per heavy atom. The first-order valence-corrected chi connectivity index (χ1v) is 7.05. The van der Waals surface area contributed by atoms with Crippen molar-refractivity contribution in [1.29, 1.82) is 0 Å². The molecule has 104 valence electrons. The van der Waals surface area contributed by atoms with E-state index in [2.05, 4.69) is 23.1 Å². The first-order valence-electron chi connectivity index (χ1n) is 7.05. The summed E-state index contributed by atoms with van der Waals surface area (Å²) in [6, 6.07) is 12.4. The fraction of sp³-hybridized carbons (Fsp3) is 0.375. The molecule has 1 fully saturated rings. The molecule has 0 atom stereocenters. The molecule has 1 aliphatic heterocycles. The summed E-state index contributed by atoms with van der Waals surface area (Å²) in [7, 11) is 0. The molecule has 2 heterocycles. The first-order chi connectivity index (χ1) is 9.72. The highest BCUT2D eigenvalue weighted by molar-refractivity contribution is 5.78. The molecule has 0 aliphatic carbocycles. The maximum absolute atomic E-state index is 11.3. The highest BCUT2D eigenvalue weighted by Crippen LogP contribution is 2.14. The van der Waals surface area contributed by atoms with Crippen LogP contribution < -0.4 is 0 Å². The molecule has 20 heavy (non-hydrogen) atoms. The van der Waals surface area contributed by atoms with Crippen molar-refractivity contribution in [2.24, 2.45) is 0 Å². The van der Waals surface area contributed by atoms with E-state index in [1.165, 1.54) is 5.39 Å². The van der Waals surface area contributed by atoms with E-state index in [1.807, 2.05) is 23.1 Å². The van der Waals surface area contributed by atoms with Gasteiger partial charge in [-0.2, -0.15) is 0 Å². The van der Waals surface area contributed by atoms with Gasteiger partial charge in [0.2, 0.25) is 5.91 Å². The number of piperazine rings is 1. The summed E-state index contributed by atoms with van der Waals surface area (Å²) in [5.41, 5.74) is 2.15. The van der Waals surface area contributed by atoms with Crippen LogP contribution in [0.3, 0.4) is 0 Å². The fourth-order valence-corrected chi connectivity index (χ4v) is 2.65. The van der Waals surface area contributed by atoms with Crippen LogP contribution in [0.1, 0.15) is 12.6 Å². The van der Waals surface area contributed by atoms with E-state index >= 15 is 0 Å². The van der Waals surface area contributed by atoms with E-state index in [1.54, 1.807) is 6.92 Å². The van der Waals surface area contributed by atoms with Crippen molar-refractivity contribution in [1.82, 2.24) is 14.8 Å². The number of benzene rings is 1. The molecule has 0 radical (unpaired) electrons. The smallest absolute Gasteiger partial charge is 0.219 e. The molecule has 1 aliphatic rings. The summed E-state index contributed by atoms with van der Waals surface area (Å²) in [6.45, 7) is 5.99. The molecule has 2 aromatic rings. The van der Waals surface area contributed by atoms with E-state index in [9.17, 15) is 4.79 Å². The third kappa shape index (κ3) is 2.80. The Morgan fingerprint density at radius 3 is 2.60 bits per heavy atom. The van der Waals surface area contributed by atoms with Crippen LogP contribution in [0.15, 0.2) is 36.4 Å². The maximum Gasteiger partial charge on any atom is 0.219 e. The summed E-state index contributed by atoms with van der Waals surface area (Å²) in [5.74, 6) is 0.175. The van der Waals surface area contributed by atoms with E-state index in [0.717, 1.165) is 43.9 Å². The summed E-state index contributed by atoms with van der Waals surface area (Å²) in [5, 5.41) is 1.18. The Labute approximate surface area is 119 Å². The number of pyridine rings is 1. The van der Waals surface area contributed by atoms with Gasteiger partial charge in [0.25, 0.3) is 0 Å². The lowest BCUT2D eigenvalue weighted by Crippen LogP contribution is -2.47. The van der Waals surface area contributed by atoms with Crippen LogP contribution in [0.2, 0.25) is 0 Å². The van der Waals surface area contributed by atoms with Crippen LogP contribution in [-0.2, 0) is 11.3 Å². The Hall–Kier alpha value is -1.94. The Balaban J connectivity index is 1.66. The van der Waals surface area contributed by atoms with Gasteiger partial charge in [-0.05, 0) is 12.1 Å². The zero-order valence-electron chi connectivity index (χ0n) is 11.7. The van der Waals surface area contributed by atoms with Gasteiger partial charge in [-0.1, -0.05) is 24.3 Å². The number of carbonyl (C=O) groups is 1. The fourth-order valence-electron chi connectivity index (χ4n) is 2.65. The SMILES string of the molecule is CC(=O)N1CCN(Cc2ccc3ccccc3n2)CC1. The number of aromatic nitrogens is 1. The molecule has 4 heteroatoms. The van der Waals surface area contributed by atoms with Crippen molar-refractivity contribution in [3.8, 4) is 0 Å². The van der Waals surface area contributed by atoms with E-state index in [-0.39, 0.29) is 5.91 Å². The van der Waals surface area contributed by atoms with E-state index in [4.69, 9.17) is 4.98 Å². The minimum absolute atomic E-state index is 0.175. The molecule has 1 aromatic heterocycles. The average molecular weight is 269 g/mol. The van der Waals surface area contributed by atoms with Gasteiger partial charge in [0.15, 0.2) is 0 Å². The lowest BCUT2D eigenvalue weighted by atomic mass is 10.2. The number of rotatable bonds is 2. The van der Waals surface area contributed by atoms with Gasteiger partial charge in [-0.3, -0.25) is 14.7 Å². The predicted molar refractivity (Wildman–Crippen MR) is 79.3 cm³/mol. The molecular weight excluding hydrogens is 250 g/mol. The van der Waals surface area contributed by atoms with Gasteiger partial charge in [0, 0.05) is 45.0 Å². The second kappa shape index (κ2) is 5.59. The predicted octanol–water partition coefficient (Wildman–Crippen LogP) is 1.90. The topological polar surface area (TPSA) is 36.4 Å². The van der Waals surface area contributed by atoms with Crippen molar-refractivity contribution >= 4 is 16.8 Å². The van der Waals surface area contributed by atoms with E-state index < -0.39 is 0 Å². The molecule has 0 bridgehead atoms. The van der Waals surface area contributed by atoms with Crippen LogP contribution in [0.25, 0.3) is 10.9 Å². The Morgan fingerprint density at radius 1 is 1.10 bits per heavy atom. The van der Waals surface area contributed by atoms with Crippen molar-refractivity contribution in [3.05, 3.63) is 42.1 Å². The standard InChI is InChI=1S/C16H19N3O/c1-13(20)19-10-8-18(9-11-19)12-15-7-6-14-4-2-3-5-16(14)17-15/h2-7H,8-12H2,1H3. The molecule has 0 N–H and O–H groups in total. The monoisotopic (exact) mass is 269 g/mol. The van der Waals surface area contributed by atoms with Gasteiger partial charge in [0.1, 0.15) is 0 Å². The van der Waals surface area contributed by atoms with Crippen LogP contribution in [-0.4, -0.2) is 46.9 Å². The lowest BCUT2D eigenvalue weighted by Gasteiger charge is -2.33. The van der Waals surface area contributed by atoms with Gasteiger partial charge >= 0.3 is 0 Å². The number of fused-ring (bicyclic) bond motifs is 1.